The number of anilines is 1. The van der Waals surface area contributed by atoms with Gasteiger partial charge >= 0.3 is 18.3 Å². The zero-order valence-corrected chi connectivity index (χ0v) is 11.2. The summed E-state index contributed by atoms with van der Waals surface area (Å²) in [5, 5.41) is 22.4. The fraction of sp³-hybridized carbons (Fsp3) is 0.417. The minimum atomic E-state index is -3.22. The van der Waals surface area contributed by atoms with E-state index in [0.717, 1.165) is 12.1 Å². The standard InChI is InChI=1S/C12H14F2N2O5/c1-6(2)10(11(17)18)15-7-3-4-8(16(19)20)9(5-7)21-12(13)14/h3-6,10,12,15H,1-2H3,(H,17,18)/t10-/m0/s1. The lowest BCUT2D eigenvalue weighted by molar-refractivity contribution is -0.386. The Labute approximate surface area is 118 Å². The number of hydrogen-bond donors (Lipinski definition) is 2. The Morgan fingerprint density at radius 3 is 2.48 bits per heavy atom. The highest BCUT2D eigenvalue weighted by Gasteiger charge is 2.23. The molecule has 0 bridgehead atoms. The molecule has 2 N–H and O–H groups in total. The quantitative estimate of drug-likeness (QED) is 0.593. The Hall–Kier alpha value is -2.45. The fourth-order valence-corrected chi connectivity index (χ4v) is 1.64. The average Bonchev–Trinajstić information content (AvgIpc) is 2.34. The second-order valence-corrected chi connectivity index (χ2v) is 4.52. The lowest BCUT2D eigenvalue weighted by atomic mass is 10.0. The van der Waals surface area contributed by atoms with E-state index in [1.165, 1.54) is 6.07 Å². The molecule has 0 heterocycles. The monoisotopic (exact) mass is 304 g/mol. The topological polar surface area (TPSA) is 102 Å². The van der Waals surface area contributed by atoms with Crippen molar-refractivity contribution in [2.24, 2.45) is 5.92 Å². The molecule has 0 saturated carbocycles. The number of aliphatic carboxylic acids is 1. The van der Waals surface area contributed by atoms with Gasteiger partial charge < -0.3 is 15.2 Å². The van der Waals surface area contributed by atoms with E-state index >= 15 is 0 Å². The summed E-state index contributed by atoms with van der Waals surface area (Å²) in [6.45, 7) is 0.0981. The molecule has 0 aromatic heterocycles. The molecular formula is C12H14F2N2O5. The third-order valence-corrected chi connectivity index (χ3v) is 2.63. The number of ether oxygens (including phenoxy) is 1. The van der Waals surface area contributed by atoms with E-state index in [0.29, 0.717) is 0 Å². The second-order valence-electron chi connectivity index (χ2n) is 4.52. The lowest BCUT2D eigenvalue weighted by Crippen LogP contribution is -2.34. The first-order valence-corrected chi connectivity index (χ1v) is 5.95. The van der Waals surface area contributed by atoms with Crippen LogP contribution < -0.4 is 10.1 Å². The summed E-state index contributed by atoms with van der Waals surface area (Å²) in [6.07, 6.45) is 0. The van der Waals surface area contributed by atoms with E-state index in [9.17, 15) is 23.7 Å². The Kier molecular flexibility index (Phi) is 5.39. The van der Waals surface area contributed by atoms with Crippen molar-refractivity contribution in [2.45, 2.75) is 26.5 Å². The second kappa shape index (κ2) is 6.82. The van der Waals surface area contributed by atoms with E-state index < -0.39 is 35.0 Å². The van der Waals surface area contributed by atoms with E-state index in [2.05, 4.69) is 10.1 Å². The van der Waals surface area contributed by atoms with Crippen LogP contribution in [0.1, 0.15) is 13.8 Å². The van der Waals surface area contributed by atoms with Gasteiger partial charge in [-0.15, -0.1) is 0 Å². The molecule has 1 atom stereocenters. The van der Waals surface area contributed by atoms with Gasteiger partial charge in [0.15, 0.2) is 0 Å². The predicted molar refractivity (Wildman–Crippen MR) is 69.6 cm³/mol. The highest BCUT2D eigenvalue weighted by atomic mass is 19.3. The van der Waals surface area contributed by atoms with Gasteiger partial charge in [-0.05, 0) is 12.0 Å². The number of benzene rings is 1. The zero-order chi connectivity index (χ0) is 16.2. The number of carboxylic acid groups (broad SMARTS) is 1. The van der Waals surface area contributed by atoms with Gasteiger partial charge in [-0.2, -0.15) is 8.78 Å². The molecule has 0 fully saturated rings. The maximum absolute atomic E-state index is 12.3. The van der Waals surface area contributed by atoms with Crippen LogP contribution in [0.25, 0.3) is 0 Å². The predicted octanol–water partition coefficient (Wildman–Crippen LogP) is 2.72. The number of nitro benzene ring substituents is 1. The van der Waals surface area contributed by atoms with Crippen LogP contribution in [0.4, 0.5) is 20.2 Å². The highest BCUT2D eigenvalue weighted by molar-refractivity contribution is 5.78. The highest BCUT2D eigenvalue weighted by Crippen LogP contribution is 2.31. The third-order valence-electron chi connectivity index (χ3n) is 2.63. The van der Waals surface area contributed by atoms with Crippen LogP contribution >= 0.6 is 0 Å². The van der Waals surface area contributed by atoms with Crippen LogP contribution in [0.15, 0.2) is 18.2 Å². The number of nitrogens with one attached hydrogen (secondary N) is 1. The summed E-state index contributed by atoms with van der Waals surface area (Å²) < 4.78 is 28.6. The first kappa shape index (κ1) is 16.6. The molecule has 7 nitrogen and oxygen atoms in total. The fourth-order valence-electron chi connectivity index (χ4n) is 1.64. The lowest BCUT2D eigenvalue weighted by Gasteiger charge is -2.19. The van der Waals surface area contributed by atoms with E-state index in [-0.39, 0.29) is 11.6 Å². The van der Waals surface area contributed by atoms with Crippen molar-refractivity contribution < 1.29 is 28.3 Å². The summed E-state index contributed by atoms with van der Waals surface area (Å²) >= 11 is 0. The van der Waals surface area contributed by atoms with Crippen LogP contribution in [0.5, 0.6) is 5.75 Å². The molecule has 0 aliphatic carbocycles. The van der Waals surface area contributed by atoms with Gasteiger partial charge in [0, 0.05) is 17.8 Å². The summed E-state index contributed by atoms with van der Waals surface area (Å²) in [5.41, 5.74) is -0.491. The van der Waals surface area contributed by atoms with Crippen molar-refractivity contribution in [1.29, 1.82) is 0 Å². The molecule has 116 valence electrons. The molecule has 1 rings (SSSR count). The number of rotatable bonds is 7. The molecule has 1 aromatic rings. The maximum atomic E-state index is 12.3. The largest absolute Gasteiger partial charge is 0.480 e. The average molecular weight is 304 g/mol. The summed E-state index contributed by atoms with van der Waals surface area (Å²) in [6, 6.07) is 2.21. The van der Waals surface area contributed by atoms with Crippen molar-refractivity contribution in [2.75, 3.05) is 5.32 Å². The Bertz CT molecular complexity index is 536. The maximum Gasteiger partial charge on any atom is 0.387 e. The molecule has 0 radical (unpaired) electrons. The van der Waals surface area contributed by atoms with Crippen molar-refractivity contribution >= 4 is 17.3 Å². The van der Waals surface area contributed by atoms with Gasteiger partial charge in [0.25, 0.3) is 0 Å². The van der Waals surface area contributed by atoms with Crippen molar-refractivity contribution in [3.8, 4) is 5.75 Å². The van der Waals surface area contributed by atoms with Crippen molar-refractivity contribution in [3.63, 3.8) is 0 Å². The smallest absolute Gasteiger partial charge is 0.387 e. The number of nitro groups is 1. The number of carboxylic acids is 1. The number of alkyl halides is 2. The summed E-state index contributed by atoms with van der Waals surface area (Å²) in [4.78, 5) is 20.9. The molecule has 0 spiro atoms. The van der Waals surface area contributed by atoms with Crippen LogP contribution in [0.2, 0.25) is 0 Å². The van der Waals surface area contributed by atoms with E-state index in [4.69, 9.17) is 5.11 Å². The molecule has 9 heteroatoms. The summed E-state index contributed by atoms with van der Waals surface area (Å²) in [7, 11) is 0. The minimum Gasteiger partial charge on any atom is -0.480 e. The molecule has 0 saturated heterocycles. The molecular weight excluding hydrogens is 290 g/mol. The third kappa shape index (κ3) is 4.55. The Morgan fingerprint density at radius 1 is 1.43 bits per heavy atom. The molecule has 1 aromatic carbocycles. The minimum absolute atomic E-state index is 0.136. The molecule has 0 unspecified atom stereocenters. The number of carbonyl (C=O) groups is 1. The number of nitrogens with zero attached hydrogens (tertiary/aromatic N) is 1. The van der Waals surface area contributed by atoms with Gasteiger partial charge in [-0.3, -0.25) is 10.1 Å². The van der Waals surface area contributed by atoms with E-state index in [1.54, 1.807) is 13.8 Å². The van der Waals surface area contributed by atoms with Crippen LogP contribution in [-0.2, 0) is 4.79 Å². The number of halogens is 2. The molecule has 21 heavy (non-hydrogen) atoms. The molecule has 0 aliphatic rings. The van der Waals surface area contributed by atoms with Crippen LogP contribution in [0.3, 0.4) is 0 Å². The van der Waals surface area contributed by atoms with Crippen LogP contribution in [-0.4, -0.2) is 28.7 Å². The Balaban J connectivity index is 3.09. The molecule has 0 aliphatic heterocycles. The van der Waals surface area contributed by atoms with Crippen molar-refractivity contribution in [1.82, 2.24) is 0 Å². The first-order chi connectivity index (χ1) is 9.72. The van der Waals surface area contributed by atoms with Crippen LogP contribution in [0, 0.1) is 16.0 Å². The van der Waals surface area contributed by atoms with Gasteiger partial charge in [0.1, 0.15) is 6.04 Å². The number of hydrogen-bond acceptors (Lipinski definition) is 5. The summed E-state index contributed by atoms with van der Waals surface area (Å²) in [5.74, 6) is -2.04. The van der Waals surface area contributed by atoms with Gasteiger partial charge in [-0.25, -0.2) is 4.79 Å². The van der Waals surface area contributed by atoms with Crippen molar-refractivity contribution in [3.05, 3.63) is 28.3 Å². The van der Waals surface area contributed by atoms with Gasteiger partial charge in [0.2, 0.25) is 5.75 Å². The molecule has 0 amide bonds. The normalized spacial score (nSPS) is 12.3. The SMILES string of the molecule is CC(C)[C@H](Nc1ccc([N+](=O)[O-])c(OC(F)F)c1)C(=O)O. The van der Waals surface area contributed by atoms with Gasteiger partial charge in [0.05, 0.1) is 4.92 Å². The van der Waals surface area contributed by atoms with Gasteiger partial charge in [-0.1, -0.05) is 13.8 Å². The Morgan fingerprint density at radius 2 is 2.05 bits per heavy atom. The first-order valence-electron chi connectivity index (χ1n) is 5.95. The zero-order valence-electron chi connectivity index (χ0n) is 11.2. The van der Waals surface area contributed by atoms with E-state index in [1.807, 2.05) is 0 Å².